The summed E-state index contributed by atoms with van der Waals surface area (Å²) in [6.07, 6.45) is 1.83. The summed E-state index contributed by atoms with van der Waals surface area (Å²) in [7, 11) is 0. The Morgan fingerprint density at radius 2 is 1.77 bits per heavy atom. The van der Waals surface area contributed by atoms with E-state index in [-0.39, 0.29) is 0 Å². The zero-order chi connectivity index (χ0) is 21.3. The second kappa shape index (κ2) is 8.53. The van der Waals surface area contributed by atoms with Crippen molar-refractivity contribution < 1.29 is 4.74 Å². The van der Waals surface area contributed by atoms with Gasteiger partial charge in [0.15, 0.2) is 0 Å². The van der Waals surface area contributed by atoms with Crippen LogP contribution >= 0.6 is 11.6 Å². The Hall–Kier alpha value is -2.78. The minimum atomic E-state index is 0.526. The third-order valence-electron chi connectivity index (χ3n) is 5.73. The van der Waals surface area contributed by atoms with Gasteiger partial charge in [0.1, 0.15) is 17.9 Å². The second-order valence-corrected chi connectivity index (χ2v) is 8.55. The Bertz CT molecular complexity index is 1180. The summed E-state index contributed by atoms with van der Waals surface area (Å²) in [5, 5.41) is 0.748. The number of hydrogen-bond acceptors (Lipinski definition) is 2. The van der Waals surface area contributed by atoms with Crippen molar-refractivity contribution in [3.8, 4) is 5.75 Å². The summed E-state index contributed by atoms with van der Waals surface area (Å²) in [5.74, 6) is 1.38. The van der Waals surface area contributed by atoms with Crippen LogP contribution in [0.1, 0.15) is 47.7 Å². The maximum Gasteiger partial charge on any atom is 0.147 e. The van der Waals surface area contributed by atoms with Crippen LogP contribution in [0.4, 0.5) is 0 Å². The maximum atomic E-state index is 6.29. The van der Waals surface area contributed by atoms with Crippen LogP contribution in [0.25, 0.3) is 11.0 Å². The van der Waals surface area contributed by atoms with Crippen molar-refractivity contribution in [3.63, 3.8) is 0 Å². The van der Waals surface area contributed by atoms with E-state index in [2.05, 4.69) is 67.6 Å². The molecule has 30 heavy (non-hydrogen) atoms. The Kier molecular flexibility index (Phi) is 5.83. The average molecular weight is 419 g/mol. The predicted octanol–water partition coefficient (Wildman–Crippen LogP) is 7.06. The van der Waals surface area contributed by atoms with E-state index in [1.54, 1.807) is 0 Å². The molecule has 0 unspecified atom stereocenters. The van der Waals surface area contributed by atoms with Crippen LogP contribution in [0.15, 0.2) is 60.8 Å². The molecule has 0 saturated carbocycles. The Labute approximate surface area is 183 Å². The normalized spacial score (nSPS) is 11.4. The standard InChI is InChI=1S/C26H27ClN2O/c1-17(2)22-10-8-20(9-11-22)16-30-24-12-13-28-25-18(3)19(4)29(26(24)25)15-21-6-5-7-23(27)14-21/h5-14,17H,15-16H2,1-4H3. The van der Waals surface area contributed by atoms with Crippen LogP contribution in [0.3, 0.4) is 0 Å². The number of aryl methyl sites for hydroxylation is 1. The van der Waals surface area contributed by atoms with E-state index in [0.29, 0.717) is 12.5 Å². The lowest BCUT2D eigenvalue weighted by Gasteiger charge is -2.13. The number of rotatable bonds is 6. The summed E-state index contributed by atoms with van der Waals surface area (Å²) in [6, 6.07) is 18.6. The van der Waals surface area contributed by atoms with Gasteiger partial charge in [-0.3, -0.25) is 4.98 Å². The summed E-state index contributed by atoms with van der Waals surface area (Å²) in [4.78, 5) is 4.64. The molecule has 2 heterocycles. The lowest BCUT2D eigenvalue weighted by atomic mass is 10.0. The predicted molar refractivity (Wildman–Crippen MR) is 125 cm³/mol. The fourth-order valence-corrected chi connectivity index (χ4v) is 4.02. The summed E-state index contributed by atoms with van der Waals surface area (Å²) in [6.45, 7) is 9.92. The van der Waals surface area contributed by atoms with Gasteiger partial charge in [0.05, 0.1) is 5.52 Å². The number of benzene rings is 2. The van der Waals surface area contributed by atoms with E-state index in [1.165, 1.54) is 16.8 Å². The molecule has 0 radical (unpaired) electrons. The summed E-state index contributed by atoms with van der Waals surface area (Å²) in [5.41, 5.74) is 8.04. The first kappa shape index (κ1) is 20.5. The van der Waals surface area contributed by atoms with Crippen LogP contribution in [-0.4, -0.2) is 9.55 Å². The first-order chi connectivity index (χ1) is 14.4. The number of ether oxygens (including phenoxy) is 1. The quantitative estimate of drug-likeness (QED) is 0.335. The number of fused-ring (bicyclic) bond motifs is 1. The van der Waals surface area contributed by atoms with Gasteiger partial charge in [-0.25, -0.2) is 0 Å². The molecule has 0 aliphatic heterocycles. The van der Waals surface area contributed by atoms with Gasteiger partial charge in [0.25, 0.3) is 0 Å². The highest BCUT2D eigenvalue weighted by atomic mass is 35.5. The van der Waals surface area contributed by atoms with E-state index >= 15 is 0 Å². The van der Waals surface area contributed by atoms with E-state index in [1.807, 2.05) is 30.5 Å². The van der Waals surface area contributed by atoms with Crippen molar-refractivity contribution in [2.45, 2.75) is 46.8 Å². The van der Waals surface area contributed by atoms with Crippen molar-refractivity contribution in [2.75, 3.05) is 0 Å². The first-order valence-electron chi connectivity index (χ1n) is 10.3. The van der Waals surface area contributed by atoms with Gasteiger partial charge in [-0.05, 0) is 54.2 Å². The van der Waals surface area contributed by atoms with E-state index < -0.39 is 0 Å². The average Bonchev–Trinajstić information content (AvgIpc) is 2.98. The van der Waals surface area contributed by atoms with Gasteiger partial charge < -0.3 is 9.30 Å². The molecule has 0 saturated heterocycles. The highest BCUT2D eigenvalue weighted by molar-refractivity contribution is 6.30. The zero-order valence-corrected chi connectivity index (χ0v) is 18.7. The largest absolute Gasteiger partial charge is 0.487 e. The number of nitrogens with zero attached hydrogens (tertiary/aromatic N) is 2. The van der Waals surface area contributed by atoms with Crippen molar-refractivity contribution in [1.29, 1.82) is 0 Å². The smallest absolute Gasteiger partial charge is 0.147 e. The van der Waals surface area contributed by atoms with Crippen LogP contribution < -0.4 is 4.74 Å². The molecule has 0 aliphatic carbocycles. The molecular weight excluding hydrogens is 392 g/mol. The van der Waals surface area contributed by atoms with Crippen molar-refractivity contribution in [3.05, 3.63) is 93.8 Å². The maximum absolute atomic E-state index is 6.29. The molecule has 0 atom stereocenters. The highest BCUT2D eigenvalue weighted by Gasteiger charge is 2.17. The van der Waals surface area contributed by atoms with Crippen LogP contribution in [0.2, 0.25) is 5.02 Å². The molecular formula is C26H27ClN2O. The van der Waals surface area contributed by atoms with E-state index in [4.69, 9.17) is 16.3 Å². The number of halogens is 1. The Balaban J connectivity index is 1.67. The van der Waals surface area contributed by atoms with Crippen LogP contribution in [-0.2, 0) is 13.2 Å². The van der Waals surface area contributed by atoms with Gasteiger partial charge >= 0.3 is 0 Å². The van der Waals surface area contributed by atoms with Gasteiger partial charge in [0.2, 0.25) is 0 Å². The third-order valence-corrected chi connectivity index (χ3v) is 5.97. The molecule has 0 fully saturated rings. The molecule has 0 aliphatic rings. The van der Waals surface area contributed by atoms with Crippen molar-refractivity contribution >= 4 is 22.6 Å². The Morgan fingerprint density at radius 3 is 2.47 bits per heavy atom. The van der Waals surface area contributed by atoms with E-state index in [0.717, 1.165) is 39.5 Å². The minimum absolute atomic E-state index is 0.526. The molecule has 154 valence electrons. The molecule has 4 aromatic rings. The van der Waals surface area contributed by atoms with E-state index in [9.17, 15) is 0 Å². The lowest BCUT2D eigenvalue weighted by molar-refractivity contribution is 0.308. The highest BCUT2D eigenvalue weighted by Crippen LogP contribution is 2.32. The molecule has 2 aromatic carbocycles. The number of aromatic nitrogens is 2. The molecule has 0 N–H and O–H groups in total. The van der Waals surface area contributed by atoms with Crippen molar-refractivity contribution in [1.82, 2.24) is 9.55 Å². The summed E-state index contributed by atoms with van der Waals surface area (Å²) < 4.78 is 8.57. The van der Waals surface area contributed by atoms with Gasteiger partial charge in [-0.1, -0.05) is 61.8 Å². The molecule has 0 spiro atoms. The Morgan fingerprint density at radius 1 is 1.00 bits per heavy atom. The van der Waals surface area contributed by atoms with Crippen molar-refractivity contribution in [2.24, 2.45) is 0 Å². The molecule has 2 aromatic heterocycles. The SMILES string of the molecule is Cc1c(C)n(Cc2cccc(Cl)c2)c2c(OCc3ccc(C(C)C)cc3)ccnc12. The monoisotopic (exact) mass is 418 g/mol. The molecule has 4 heteroatoms. The first-order valence-corrected chi connectivity index (χ1v) is 10.7. The molecule has 3 nitrogen and oxygen atoms in total. The topological polar surface area (TPSA) is 27.1 Å². The number of pyridine rings is 1. The second-order valence-electron chi connectivity index (χ2n) is 8.12. The molecule has 0 amide bonds. The van der Waals surface area contributed by atoms with Gasteiger partial charge in [-0.15, -0.1) is 0 Å². The number of hydrogen-bond donors (Lipinski definition) is 0. The summed E-state index contributed by atoms with van der Waals surface area (Å²) >= 11 is 6.21. The lowest BCUT2D eigenvalue weighted by Crippen LogP contribution is -2.04. The van der Waals surface area contributed by atoms with Gasteiger partial charge in [-0.2, -0.15) is 0 Å². The molecule has 0 bridgehead atoms. The van der Waals surface area contributed by atoms with Gasteiger partial charge in [0, 0.05) is 29.5 Å². The molecule has 4 rings (SSSR count). The fraction of sp³-hybridized carbons (Fsp3) is 0.269. The van der Waals surface area contributed by atoms with Crippen LogP contribution in [0.5, 0.6) is 5.75 Å². The fourth-order valence-electron chi connectivity index (χ4n) is 3.80. The zero-order valence-electron chi connectivity index (χ0n) is 17.9. The third kappa shape index (κ3) is 4.08. The minimum Gasteiger partial charge on any atom is -0.487 e. The van der Waals surface area contributed by atoms with Crippen LogP contribution in [0, 0.1) is 13.8 Å².